The van der Waals surface area contributed by atoms with Crippen LogP contribution in [0.4, 0.5) is 4.79 Å². The van der Waals surface area contributed by atoms with Gasteiger partial charge in [-0.15, -0.1) is 0 Å². The lowest BCUT2D eigenvalue weighted by Crippen LogP contribution is -2.09. The van der Waals surface area contributed by atoms with Crippen LogP contribution in [0.25, 0.3) is 10.8 Å². The summed E-state index contributed by atoms with van der Waals surface area (Å²) in [7, 11) is 4.38. The molecule has 0 atom stereocenters. The van der Waals surface area contributed by atoms with Crippen LogP contribution in [-0.4, -0.2) is 27.5 Å². The predicted molar refractivity (Wildman–Crippen MR) is 74.8 cm³/mol. The van der Waals surface area contributed by atoms with Crippen molar-refractivity contribution in [2.75, 3.05) is 21.3 Å². The van der Waals surface area contributed by atoms with Gasteiger partial charge in [0.15, 0.2) is 11.5 Å². The molecule has 0 aliphatic rings. The third-order valence-electron chi connectivity index (χ3n) is 3.06. The van der Waals surface area contributed by atoms with Crippen LogP contribution in [0, 0.1) is 6.92 Å². The van der Waals surface area contributed by atoms with E-state index in [0.717, 1.165) is 10.8 Å². The lowest BCUT2D eigenvalue weighted by Gasteiger charge is -2.17. The third kappa shape index (κ3) is 2.22. The Bertz CT molecular complexity index is 648. The fourth-order valence-electron chi connectivity index (χ4n) is 2.18. The van der Waals surface area contributed by atoms with Gasteiger partial charge in [0, 0.05) is 16.3 Å². The first kappa shape index (κ1) is 14.0. The first-order chi connectivity index (χ1) is 9.63. The minimum Gasteiger partial charge on any atom is -0.492 e. The highest BCUT2D eigenvalue weighted by Gasteiger charge is 2.21. The number of methoxy groups -OCH3 is 3. The molecule has 106 valence electrons. The highest BCUT2D eigenvalue weighted by molar-refractivity contribution is 5.98. The number of rotatable bonds is 3. The van der Waals surface area contributed by atoms with Gasteiger partial charge in [-0.05, 0) is 6.92 Å². The number of ether oxygens (including phenoxy) is 4. The Kier molecular flexibility index (Phi) is 3.98. The van der Waals surface area contributed by atoms with Crippen molar-refractivity contribution in [3.05, 3.63) is 29.8 Å². The molecule has 0 spiro atoms. The van der Waals surface area contributed by atoms with Crippen LogP contribution in [0.15, 0.2) is 24.3 Å². The molecular formula is C15H16O5. The topological polar surface area (TPSA) is 54.0 Å². The molecule has 5 nitrogen and oxygen atoms in total. The summed E-state index contributed by atoms with van der Waals surface area (Å²) < 4.78 is 20.6. The molecule has 0 bridgehead atoms. The molecule has 2 rings (SSSR count). The second-order valence-corrected chi connectivity index (χ2v) is 4.12. The number of hydrogen-bond acceptors (Lipinski definition) is 5. The van der Waals surface area contributed by atoms with Crippen LogP contribution >= 0.6 is 0 Å². The van der Waals surface area contributed by atoms with Gasteiger partial charge >= 0.3 is 6.16 Å². The van der Waals surface area contributed by atoms with E-state index in [1.54, 1.807) is 21.1 Å². The summed E-state index contributed by atoms with van der Waals surface area (Å²) in [5, 5.41) is 1.56. The predicted octanol–water partition coefficient (Wildman–Crippen LogP) is 3.31. The van der Waals surface area contributed by atoms with Crippen molar-refractivity contribution in [2.24, 2.45) is 0 Å². The average Bonchev–Trinajstić information content (AvgIpc) is 2.49. The van der Waals surface area contributed by atoms with Gasteiger partial charge in [-0.1, -0.05) is 24.3 Å². The van der Waals surface area contributed by atoms with Crippen molar-refractivity contribution in [3.8, 4) is 17.2 Å². The van der Waals surface area contributed by atoms with Gasteiger partial charge in [0.05, 0.1) is 21.3 Å². The molecule has 0 saturated heterocycles. The highest BCUT2D eigenvalue weighted by Crippen LogP contribution is 2.45. The van der Waals surface area contributed by atoms with Gasteiger partial charge in [0.25, 0.3) is 0 Å². The summed E-state index contributed by atoms with van der Waals surface area (Å²) >= 11 is 0. The minimum absolute atomic E-state index is 0.408. The van der Waals surface area contributed by atoms with Crippen molar-refractivity contribution < 1.29 is 23.7 Å². The lowest BCUT2D eigenvalue weighted by atomic mass is 10.0. The maximum Gasteiger partial charge on any atom is 0.513 e. The lowest BCUT2D eigenvalue weighted by molar-refractivity contribution is 0.121. The largest absolute Gasteiger partial charge is 0.513 e. The van der Waals surface area contributed by atoms with Crippen LogP contribution in [0.5, 0.6) is 17.2 Å². The Morgan fingerprint density at radius 2 is 1.45 bits per heavy atom. The van der Waals surface area contributed by atoms with Crippen molar-refractivity contribution >= 4 is 16.9 Å². The van der Waals surface area contributed by atoms with E-state index in [4.69, 9.17) is 14.2 Å². The normalized spacial score (nSPS) is 10.2. The van der Waals surface area contributed by atoms with Crippen LogP contribution in [0.2, 0.25) is 0 Å². The molecule has 2 aromatic rings. The summed E-state index contributed by atoms with van der Waals surface area (Å²) in [6.45, 7) is 1.80. The van der Waals surface area contributed by atoms with Gasteiger partial charge in [0.2, 0.25) is 0 Å². The fourth-order valence-corrected chi connectivity index (χ4v) is 2.18. The highest BCUT2D eigenvalue weighted by atomic mass is 16.7. The monoisotopic (exact) mass is 276 g/mol. The van der Waals surface area contributed by atoms with Crippen LogP contribution < -0.4 is 14.2 Å². The Morgan fingerprint density at radius 1 is 0.900 bits per heavy atom. The maximum atomic E-state index is 11.4. The summed E-state index contributed by atoms with van der Waals surface area (Å²) in [5.41, 5.74) is 0.674. The molecule has 0 heterocycles. The first-order valence-corrected chi connectivity index (χ1v) is 6.03. The molecule has 0 unspecified atom stereocenters. The zero-order valence-electron chi connectivity index (χ0n) is 11.9. The smallest absolute Gasteiger partial charge is 0.492 e. The number of fused-ring (bicyclic) bond motifs is 1. The SMILES string of the molecule is COC(=O)Oc1c(C)c(OC)c(OC)c2ccccc12. The van der Waals surface area contributed by atoms with Gasteiger partial charge < -0.3 is 18.9 Å². The van der Waals surface area contributed by atoms with Crippen LogP contribution in [0.1, 0.15) is 5.56 Å². The second kappa shape index (κ2) is 5.69. The van der Waals surface area contributed by atoms with Crippen LogP contribution in [0.3, 0.4) is 0 Å². The molecule has 0 saturated carbocycles. The quantitative estimate of drug-likeness (QED) is 0.636. The average molecular weight is 276 g/mol. The molecular weight excluding hydrogens is 260 g/mol. The summed E-state index contributed by atoms with van der Waals surface area (Å²) in [6.07, 6.45) is -0.773. The Balaban J connectivity index is 2.79. The van der Waals surface area contributed by atoms with E-state index >= 15 is 0 Å². The molecule has 2 aromatic carbocycles. The first-order valence-electron chi connectivity index (χ1n) is 6.03. The van der Waals surface area contributed by atoms with Crippen molar-refractivity contribution in [3.63, 3.8) is 0 Å². The standard InChI is InChI=1S/C15H16O5/c1-9-12(20-15(16)19-4)10-7-5-6-8-11(10)14(18-3)13(9)17-2/h5-8H,1-4H3. The van der Waals surface area contributed by atoms with E-state index in [0.29, 0.717) is 22.8 Å². The maximum absolute atomic E-state index is 11.4. The zero-order chi connectivity index (χ0) is 14.7. The van der Waals surface area contributed by atoms with Crippen molar-refractivity contribution in [2.45, 2.75) is 6.92 Å². The molecule has 20 heavy (non-hydrogen) atoms. The van der Waals surface area contributed by atoms with E-state index in [2.05, 4.69) is 4.74 Å². The molecule has 0 amide bonds. The number of carbonyl (C=O) groups excluding carboxylic acids is 1. The van der Waals surface area contributed by atoms with Gasteiger partial charge in [-0.2, -0.15) is 0 Å². The van der Waals surface area contributed by atoms with Crippen molar-refractivity contribution in [1.29, 1.82) is 0 Å². The third-order valence-corrected chi connectivity index (χ3v) is 3.06. The van der Waals surface area contributed by atoms with Gasteiger partial charge in [-0.3, -0.25) is 0 Å². The van der Waals surface area contributed by atoms with E-state index in [1.807, 2.05) is 24.3 Å². The molecule has 0 aromatic heterocycles. The zero-order valence-corrected chi connectivity index (χ0v) is 11.9. The molecule has 0 aliphatic carbocycles. The van der Waals surface area contributed by atoms with E-state index < -0.39 is 6.16 Å². The fraction of sp³-hybridized carbons (Fsp3) is 0.267. The molecule has 0 N–H and O–H groups in total. The summed E-state index contributed by atoms with van der Waals surface area (Å²) in [5.74, 6) is 1.55. The molecule has 0 radical (unpaired) electrons. The number of hydrogen-bond donors (Lipinski definition) is 0. The summed E-state index contributed by atoms with van der Waals surface area (Å²) in [4.78, 5) is 11.4. The minimum atomic E-state index is -0.773. The van der Waals surface area contributed by atoms with E-state index in [1.165, 1.54) is 7.11 Å². The van der Waals surface area contributed by atoms with Gasteiger partial charge in [-0.25, -0.2) is 4.79 Å². The van der Waals surface area contributed by atoms with E-state index in [-0.39, 0.29) is 0 Å². The van der Waals surface area contributed by atoms with Crippen molar-refractivity contribution in [1.82, 2.24) is 0 Å². The Morgan fingerprint density at radius 3 is 1.95 bits per heavy atom. The Hall–Kier alpha value is -2.43. The Labute approximate surface area is 117 Å². The number of carbonyl (C=O) groups is 1. The second-order valence-electron chi connectivity index (χ2n) is 4.12. The number of benzene rings is 2. The summed E-state index contributed by atoms with van der Waals surface area (Å²) in [6, 6.07) is 7.46. The van der Waals surface area contributed by atoms with Gasteiger partial charge in [0.1, 0.15) is 5.75 Å². The van der Waals surface area contributed by atoms with Crippen LogP contribution in [-0.2, 0) is 4.74 Å². The molecule has 0 aliphatic heterocycles. The molecule has 5 heteroatoms. The molecule has 0 fully saturated rings. The van der Waals surface area contributed by atoms with E-state index in [9.17, 15) is 4.79 Å².